The Morgan fingerprint density at radius 2 is 1.93 bits per heavy atom. The first kappa shape index (κ1) is 19.6. The number of ether oxygens (including phenoxy) is 1. The SMILES string of the molecule is CCOc1ccc(NC(=O)C(C)N2CCN(c3ncnc4sccc34)CC2)cc1. The van der Waals surface area contributed by atoms with Gasteiger partial charge in [0.05, 0.1) is 18.0 Å². The van der Waals surface area contributed by atoms with E-state index < -0.39 is 0 Å². The van der Waals surface area contributed by atoms with Gasteiger partial charge in [-0.1, -0.05) is 0 Å². The molecule has 1 aliphatic heterocycles. The molecule has 1 fully saturated rings. The molecule has 152 valence electrons. The summed E-state index contributed by atoms with van der Waals surface area (Å²) in [5.41, 5.74) is 0.782. The second kappa shape index (κ2) is 8.75. The van der Waals surface area contributed by atoms with Crippen molar-refractivity contribution in [2.24, 2.45) is 0 Å². The molecule has 0 saturated carbocycles. The molecule has 1 aliphatic rings. The lowest BCUT2D eigenvalue weighted by molar-refractivity contribution is -0.120. The summed E-state index contributed by atoms with van der Waals surface area (Å²) in [5.74, 6) is 1.80. The maximum Gasteiger partial charge on any atom is 0.241 e. The highest BCUT2D eigenvalue weighted by Crippen LogP contribution is 2.27. The molecule has 7 nitrogen and oxygen atoms in total. The van der Waals surface area contributed by atoms with Gasteiger partial charge in [-0.25, -0.2) is 9.97 Å². The van der Waals surface area contributed by atoms with Crippen LogP contribution in [0.2, 0.25) is 0 Å². The predicted molar refractivity (Wildman–Crippen MR) is 117 cm³/mol. The van der Waals surface area contributed by atoms with Gasteiger partial charge in [-0.3, -0.25) is 9.69 Å². The van der Waals surface area contributed by atoms with E-state index in [0.29, 0.717) is 6.61 Å². The molecule has 1 amide bonds. The van der Waals surface area contributed by atoms with Gasteiger partial charge in [0, 0.05) is 31.9 Å². The van der Waals surface area contributed by atoms with Crippen LogP contribution in [-0.4, -0.2) is 59.6 Å². The van der Waals surface area contributed by atoms with Crippen LogP contribution in [0.15, 0.2) is 42.0 Å². The zero-order valence-electron chi connectivity index (χ0n) is 16.7. The highest BCUT2D eigenvalue weighted by molar-refractivity contribution is 7.16. The van der Waals surface area contributed by atoms with E-state index in [1.54, 1.807) is 17.7 Å². The van der Waals surface area contributed by atoms with E-state index in [0.717, 1.165) is 53.7 Å². The Hall–Kier alpha value is -2.71. The van der Waals surface area contributed by atoms with Crippen molar-refractivity contribution in [1.82, 2.24) is 14.9 Å². The Labute approximate surface area is 174 Å². The number of rotatable bonds is 6. The molecule has 2 aromatic heterocycles. The van der Waals surface area contributed by atoms with Crippen LogP contribution in [0.5, 0.6) is 5.75 Å². The lowest BCUT2D eigenvalue weighted by Gasteiger charge is -2.38. The van der Waals surface area contributed by atoms with Crippen LogP contribution in [0.4, 0.5) is 11.5 Å². The van der Waals surface area contributed by atoms with Gasteiger partial charge in [-0.15, -0.1) is 11.3 Å². The first-order valence-corrected chi connectivity index (χ1v) is 10.7. The van der Waals surface area contributed by atoms with E-state index in [9.17, 15) is 4.79 Å². The molecule has 1 unspecified atom stereocenters. The Morgan fingerprint density at radius 3 is 2.66 bits per heavy atom. The third kappa shape index (κ3) is 4.33. The third-order valence-electron chi connectivity index (χ3n) is 5.21. The summed E-state index contributed by atoms with van der Waals surface area (Å²) in [6, 6.07) is 9.36. The van der Waals surface area contributed by atoms with Crippen molar-refractivity contribution in [2.45, 2.75) is 19.9 Å². The fraction of sp³-hybridized carbons (Fsp3) is 0.381. The zero-order valence-corrected chi connectivity index (χ0v) is 17.5. The number of fused-ring (bicyclic) bond motifs is 1. The summed E-state index contributed by atoms with van der Waals surface area (Å²) >= 11 is 1.63. The molecule has 1 aromatic carbocycles. The molecule has 0 spiro atoms. The smallest absolute Gasteiger partial charge is 0.241 e. The number of thiophene rings is 1. The van der Waals surface area contributed by atoms with Crippen LogP contribution in [0, 0.1) is 0 Å². The average Bonchev–Trinajstić information content (AvgIpc) is 3.24. The van der Waals surface area contributed by atoms with Crippen molar-refractivity contribution in [3.05, 3.63) is 42.0 Å². The van der Waals surface area contributed by atoms with E-state index in [4.69, 9.17) is 4.74 Å². The lowest BCUT2D eigenvalue weighted by atomic mass is 10.2. The Balaban J connectivity index is 1.34. The summed E-state index contributed by atoms with van der Waals surface area (Å²) in [7, 11) is 0. The van der Waals surface area contributed by atoms with Crippen molar-refractivity contribution in [3.8, 4) is 5.75 Å². The molecular weight excluding hydrogens is 386 g/mol. The molecular formula is C21H25N5O2S. The fourth-order valence-electron chi connectivity index (χ4n) is 3.56. The Kier molecular flexibility index (Phi) is 5.92. The lowest BCUT2D eigenvalue weighted by Crippen LogP contribution is -2.53. The number of piperazine rings is 1. The minimum atomic E-state index is -0.199. The average molecular weight is 412 g/mol. The van der Waals surface area contributed by atoms with E-state index in [-0.39, 0.29) is 11.9 Å². The zero-order chi connectivity index (χ0) is 20.2. The second-order valence-electron chi connectivity index (χ2n) is 6.98. The maximum absolute atomic E-state index is 12.7. The van der Waals surface area contributed by atoms with Gasteiger partial charge in [0.25, 0.3) is 0 Å². The van der Waals surface area contributed by atoms with Crippen molar-refractivity contribution >= 4 is 39.0 Å². The number of carbonyl (C=O) groups is 1. The molecule has 29 heavy (non-hydrogen) atoms. The van der Waals surface area contributed by atoms with Crippen molar-refractivity contribution < 1.29 is 9.53 Å². The van der Waals surface area contributed by atoms with Crippen molar-refractivity contribution in [3.63, 3.8) is 0 Å². The minimum absolute atomic E-state index is 0.00451. The summed E-state index contributed by atoms with van der Waals surface area (Å²) in [5, 5.41) is 6.15. The van der Waals surface area contributed by atoms with Crippen LogP contribution in [0.1, 0.15) is 13.8 Å². The summed E-state index contributed by atoms with van der Waals surface area (Å²) in [6.45, 7) is 7.83. The van der Waals surface area contributed by atoms with E-state index >= 15 is 0 Å². The topological polar surface area (TPSA) is 70.6 Å². The number of aromatic nitrogens is 2. The van der Waals surface area contributed by atoms with Gasteiger partial charge in [0.2, 0.25) is 5.91 Å². The summed E-state index contributed by atoms with van der Waals surface area (Å²) in [6.07, 6.45) is 1.63. The number of carbonyl (C=O) groups excluding carboxylic acids is 1. The number of nitrogens with zero attached hydrogens (tertiary/aromatic N) is 4. The highest BCUT2D eigenvalue weighted by Gasteiger charge is 2.27. The molecule has 3 aromatic rings. The molecule has 3 heterocycles. The van der Waals surface area contributed by atoms with E-state index in [1.807, 2.05) is 43.5 Å². The van der Waals surface area contributed by atoms with Gasteiger partial charge in [0.1, 0.15) is 22.7 Å². The third-order valence-corrected chi connectivity index (χ3v) is 6.04. The number of hydrogen-bond acceptors (Lipinski definition) is 7. The number of amides is 1. The Bertz CT molecular complexity index is 967. The van der Waals surface area contributed by atoms with E-state index in [2.05, 4.69) is 31.2 Å². The molecule has 8 heteroatoms. The first-order chi connectivity index (χ1) is 14.2. The van der Waals surface area contributed by atoms with Gasteiger partial charge in [0.15, 0.2) is 0 Å². The molecule has 0 radical (unpaired) electrons. The van der Waals surface area contributed by atoms with Crippen molar-refractivity contribution in [1.29, 1.82) is 0 Å². The Morgan fingerprint density at radius 1 is 1.17 bits per heavy atom. The predicted octanol–water partition coefficient (Wildman–Crippen LogP) is 3.24. The molecule has 1 N–H and O–H groups in total. The molecule has 0 bridgehead atoms. The van der Waals surface area contributed by atoms with Crippen LogP contribution < -0.4 is 15.0 Å². The van der Waals surface area contributed by atoms with Gasteiger partial charge in [-0.05, 0) is 49.6 Å². The summed E-state index contributed by atoms with van der Waals surface area (Å²) < 4.78 is 5.44. The monoisotopic (exact) mass is 411 g/mol. The molecule has 0 aliphatic carbocycles. The van der Waals surface area contributed by atoms with Crippen LogP contribution in [0.3, 0.4) is 0 Å². The van der Waals surface area contributed by atoms with Gasteiger partial charge in [-0.2, -0.15) is 0 Å². The highest BCUT2D eigenvalue weighted by atomic mass is 32.1. The molecule has 1 saturated heterocycles. The number of benzene rings is 1. The molecule has 4 rings (SSSR count). The van der Waals surface area contributed by atoms with Gasteiger partial charge < -0.3 is 15.0 Å². The second-order valence-corrected chi connectivity index (χ2v) is 7.88. The van der Waals surface area contributed by atoms with Crippen LogP contribution in [-0.2, 0) is 4.79 Å². The standard InChI is InChI=1S/C21H25N5O2S/c1-3-28-17-6-4-16(5-7-17)24-20(27)15(2)25-9-11-26(12-10-25)19-18-8-13-29-21(18)23-14-22-19/h4-8,13-15H,3,9-12H2,1-2H3,(H,24,27). The van der Waals surface area contributed by atoms with Crippen LogP contribution in [0.25, 0.3) is 10.2 Å². The van der Waals surface area contributed by atoms with Crippen molar-refractivity contribution in [2.75, 3.05) is 43.0 Å². The number of nitrogens with one attached hydrogen (secondary N) is 1. The minimum Gasteiger partial charge on any atom is -0.494 e. The number of anilines is 2. The molecule has 1 atom stereocenters. The van der Waals surface area contributed by atoms with E-state index in [1.165, 1.54) is 0 Å². The maximum atomic E-state index is 12.7. The van der Waals surface area contributed by atoms with Crippen LogP contribution >= 0.6 is 11.3 Å². The van der Waals surface area contributed by atoms with Gasteiger partial charge >= 0.3 is 0 Å². The quantitative estimate of drug-likeness (QED) is 0.672. The normalized spacial score (nSPS) is 16.0. The number of hydrogen-bond donors (Lipinski definition) is 1. The largest absolute Gasteiger partial charge is 0.494 e. The fourth-order valence-corrected chi connectivity index (χ4v) is 4.29. The summed E-state index contributed by atoms with van der Waals surface area (Å²) in [4.78, 5) is 27.0. The first-order valence-electron chi connectivity index (χ1n) is 9.86.